The van der Waals surface area contributed by atoms with Crippen LogP contribution in [0.3, 0.4) is 0 Å². The largest absolute Gasteiger partial charge is 0.454 e. The number of unbranched alkanes of at least 4 members (excludes halogenated alkanes) is 24. The SMILES string of the molecule is CC/C=C\C/C=C\C/C=C\C/C=C\C/C=C\C/C=C\CCCCCCCC(O)C(=O)NC(COC1OC(CO)C(O)C(O)C1OC(=O)CCCCCCCCCCCCC)C(O)/C=C/CCCCCCCCCCC. The van der Waals surface area contributed by atoms with Gasteiger partial charge in [0.2, 0.25) is 5.91 Å². The number of hydrogen-bond acceptors (Lipinski definition) is 10. The van der Waals surface area contributed by atoms with E-state index in [9.17, 15) is 35.1 Å². The summed E-state index contributed by atoms with van der Waals surface area (Å²) < 4.78 is 17.6. The number of rotatable bonds is 50. The first-order chi connectivity index (χ1) is 36.7. The average molecular weight is 1050 g/mol. The Morgan fingerprint density at radius 3 is 1.44 bits per heavy atom. The fraction of sp³-hybridized carbons (Fsp3) is 0.750. The van der Waals surface area contributed by atoms with Crippen molar-refractivity contribution in [2.24, 2.45) is 0 Å². The summed E-state index contributed by atoms with van der Waals surface area (Å²) in [5, 5.41) is 56.8. The summed E-state index contributed by atoms with van der Waals surface area (Å²) in [4.78, 5) is 26.4. The Kier molecular flexibility index (Phi) is 48.0. The van der Waals surface area contributed by atoms with Crippen LogP contribution in [0.5, 0.6) is 0 Å². The summed E-state index contributed by atoms with van der Waals surface area (Å²) in [6.07, 6.45) is 56.3. The highest BCUT2D eigenvalue weighted by atomic mass is 16.7. The normalized spacial score (nSPS) is 19.8. The number of carbonyl (C=O) groups is 2. The van der Waals surface area contributed by atoms with Gasteiger partial charge in [0.15, 0.2) is 12.4 Å². The molecule has 0 saturated carbocycles. The highest BCUT2D eigenvalue weighted by Crippen LogP contribution is 2.26. The molecule has 1 saturated heterocycles. The van der Waals surface area contributed by atoms with Gasteiger partial charge in [-0.1, -0.05) is 247 Å². The van der Waals surface area contributed by atoms with Gasteiger partial charge in [0, 0.05) is 6.42 Å². The van der Waals surface area contributed by atoms with Crippen LogP contribution in [0.4, 0.5) is 0 Å². The highest BCUT2D eigenvalue weighted by Gasteiger charge is 2.47. The summed E-state index contributed by atoms with van der Waals surface area (Å²) in [7, 11) is 0. The zero-order chi connectivity index (χ0) is 54.7. The van der Waals surface area contributed by atoms with Crippen molar-refractivity contribution in [3.8, 4) is 0 Å². The van der Waals surface area contributed by atoms with Crippen LogP contribution in [-0.2, 0) is 23.8 Å². The second kappa shape index (κ2) is 51.6. The molecule has 8 atom stereocenters. The molecule has 75 heavy (non-hydrogen) atoms. The third kappa shape index (κ3) is 39.8. The van der Waals surface area contributed by atoms with E-state index in [2.05, 4.69) is 99.0 Å². The summed E-state index contributed by atoms with van der Waals surface area (Å²) in [5.74, 6) is -1.21. The molecule has 0 spiro atoms. The maximum Gasteiger partial charge on any atom is 0.306 e. The number of aliphatic hydroxyl groups excluding tert-OH is 5. The van der Waals surface area contributed by atoms with E-state index in [4.69, 9.17) is 14.2 Å². The van der Waals surface area contributed by atoms with Crippen LogP contribution < -0.4 is 5.32 Å². The molecule has 0 bridgehead atoms. The van der Waals surface area contributed by atoms with Crippen LogP contribution in [0.25, 0.3) is 0 Å². The van der Waals surface area contributed by atoms with Crippen molar-refractivity contribution >= 4 is 11.9 Å². The van der Waals surface area contributed by atoms with Crippen LogP contribution in [0.15, 0.2) is 85.1 Å². The molecule has 1 heterocycles. The first kappa shape index (κ1) is 69.9. The third-order valence-electron chi connectivity index (χ3n) is 13.8. The molecule has 11 nitrogen and oxygen atoms in total. The molecular weight excluding hydrogens is 943 g/mol. The van der Waals surface area contributed by atoms with Gasteiger partial charge in [-0.2, -0.15) is 0 Å². The van der Waals surface area contributed by atoms with Crippen molar-refractivity contribution in [3.63, 3.8) is 0 Å². The number of nitrogens with one attached hydrogen (secondary N) is 1. The Hall–Kier alpha value is -3.16. The molecule has 1 fully saturated rings. The number of carbonyl (C=O) groups excluding carboxylic acids is 2. The van der Waals surface area contributed by atoms with Gasteiger partial charge in [-0.15, -0.1) is 0 Å². The van der Waals surface area contributed by atoms with Crippen molar-refractivity contribution in [1.29, 1.82) is 0 Å². The van der Waals surface area contributed by atoms with Gasteiger partial charge < -0.3 is 45.1 Å². The summed E-state index contributed by atoms with van der Waals surface area (Å²) in [6, 6.07) is -1.03. The Morgan fingerprint density at radius 1 is 0.533 bits per heavy atom. The molecule has 0 aromatic rings. The molecule has 6 N–H and O–H groups in total. The molecule has 0 aromatic heterocycles. The standard InChI is InChI=1S/C64H111NO10/c1-4-7-10-13-16-19-22-23-24-25-26-27-28-29-30-31-32-33-34-37-39-42-45-48-51-57(68)63(72)65-55(56(67)50-47-44-41-38-35-20-17-14-11-8-5-2)54-73-64-62(61(71)60(70)58(53-66)74-64)75-59(69)52-49-46-43-40-36-21-18-15-12-9-6-3/h7,10,16,19,23-24,26-27,29-30,32-33,47,50,55-58,60-62,64,66-68,70-71H,4-6,8-9,11-15,17-18,20-22,25,28,31,34-46,48-49,51-54H2,1-3H3,(H,65,72)/b10-7-,19-16-,24-23-,27-26-,30-29-,33-32-,50-47+. The van der Waals surface area contributed by atoms with Crippen molar-refractivity contribution in [1.82, 2.24) is 5.32 Å². The van der Waals surface area contributed by atoms with E-state index >= 15 is 0 Å². The van der Waals surface area contributed by atoms with Gasteiger partial charge in [-0.25, -0.2) is 0 Å². The molecule has 1 aliphatic heterocycles. The predicted molar refractivity (Wildman–Crippen MR) is 310 cm³/mol. The first-order valence-electron chi connectivity index (χ1n) is 30.4. The molecule has 0 aromatic carbocycles. The van der Waals surface area contributed by atoms with Crippen molar-refractivity contribution < 1.29 is 49.3 Å². The van der Waals surface area contributed by atoms with Crippen molar-refractivity contribution in [3.05, 3.63) is 85.1 Å². The maximum atomic E-state index is 13.4. The van der Waals surface area contributed by atoms with Crippen molar-refractivity contribution in [2.45, 2.75) is 294 Å². The monoisotopic (exact) mass is 1050 g/mol. The van der Waals surface area contributed by atoms with Gasteiger partial charge in [0.05, 0.1) is 25.4 Å². The fourth-order valence-electron chi connectivity index (χ4n) is 9.01. The fourth-order valence-corrected chi connectivity index (χ4v) is 9.01. The van der Waals surface area contributed by atoms with Gasteiger partial charge in [-0.05, 0) is 77.0 Å². The van der Waals surface area contributed by atoms with Gasteiger partial charge >= 0.3 is 5.97 Å². The van der Waals surface area contributed by atoms with E-state index in [-0.39, 0.29) is 19.4 Å². The Balaban J connectivity index is 2.65. The molecule has 8 unspecified atom stereocenters. The highest BCUT2D eigenvalue weighted by molar-refractivity contribution is 5.80. The number of allylic oxidation sites excluding steroid dienone is 13. The molecular formula is C64H111NO10. The lowest BCUT2D eigenvalue weighted by atomic mass is 9.99. The topological polar surface area (TPSA) is 175 Å². The number of aliphatic hydroxyl groups is 5. The minimum absolute atomic E-state index is 0.121. The van der Waals surface area contributed by atoms with Crippen LogP contribution in [0.1, 0.15) is 245 Å². The lowest BCUT2D eigenvalue weighted by Gasteiger charge is -2.41. The minimum Gasteiger partial charge on any atom is -0.454 e. The Bertz CT molecular complexity index is 1540. The first-order valence-corrected chi connectivity index (χ1v) is 30.4. The number of amides is 1. The smallest absolute Gasteiger partial charge is 0.306 e. The number of esters is 1. The second-order valence-electron chi connectivity index (χ2n) is 20.7. The average Bonchev–Trinajstić information content (AvgIpc) is 3.41. The van der Waals surface area contributed by atoms with E-state index in [1.807, 2.05) is 6.08 Å². The molecule has 1 rings (SSSR count). The van der Waals surface area contributed by atoms with Gasteiger partial charge in [-0.3, -0.25) is 9.59 Å². The number of ether oxygens (including phenoxy) is 3. The molecule has 11 heteroatoms. The van der Waals surface area contributed by atoms with Crippen LogP contribution in [0.2, 0.25) is 0 Å². The van der Waals surface area contributed by atoms with E-state index in [1.54, 1.807) is 6.08 Å². The number of hydrogen-bond donors (Lipinski definition) is 6. The van der Waals surface area contributed by atoms with Gasteiger partial charge in [0.25, 0.3) is 0 Å². The maximum absolute atomic E-state index is 13.4. The second-order valence-corrected chi connectivity index (χ2v) is 20.7. The van der Waals surface area contributed by atoms with Crippen LogP contribution in [0, 0.1) is 0 Å². The summed E-state index contributed by atoms with van der Waals surface area (Å²) in [6.45, 7) is 5.63. The van der Waals surface area contributed by atoms with E-state index in [0.717, 1.165) is 109 Å². The molecule has 1 aliphatic rings. The molecule has 0 aliphatic carbocycles. The van der Waals surface area contributed by atoms with E-state index in [0.29, 0.717) is 12.8 Å². The van der Waals surface area contributed by atoms with Crippen molar-refractivity contribution in [2.75, 3.05) is 13.2 Å². The predicted octanol–water partition coefficient (Wildman–Crippen LogP) is 14.2. The zero-order valence-corrected chi connectivity index (χ0v) is 47.6. The molecule has 1 amide bonds. The molecule has 432 valence electrons. The molecule has 0 radical (unpaired) electrons. The van der Waals surface area contributed by atoms with E-state index in [1.165, 1.54) is 89.9 Å². The van der Waals surface area contributed by atoms with Crippen LogP contribution >= 0.6 is 0 Å². The van der Waals surface area contributed by atoms with E-state index < -0.39 is 67.4 Å². The minimum atomic E-state index is -1.62. The van der Waals surface area contributed by atoms with Gasteiger partial charge in [0.1, 0.15) is 24.4 Å². The zero-order valence-electron chi connectivity index (χ0n) is 47.6. The Labute approximate surface area is 457 Å². The Morgan fingerprint density at radius 2 is 0.960 bits per heavy atom. The lowest BCUT2D eigenvalue weighted by molar-refractivity contribution is -0.305. The quantitative estimate of drug-likeness (QED) is 0.0195. The summed E-state index contributed by atoms with van der Waals surface area (Å²) in [5.41, 5.74) is 0. The summed E-state index contributed by atoms with van der Waals surface area (Å²) >= 11 is 0. The lowest BCUT2D eigenvalue weighted by Crippen LogP contribution is -2.61. The van der Waals surface area contributed by atoms with Crippen LogP contribution in [-0.4, -0.2) is 99.6 Å². The third-order valence-corrected chi connectivity index (χ3v) is 13.8.